The van der Waals surface area contributed by atoms with Crippen molar-refractivity contribution in [1.29, 1.82) is 0 Å². The van der Waals surface area contributed by atoms with Crippen molar-refractivity contribution >= 4 is 22.7 Å². The fraction of sp³-hybridized carbons (Fsp3) is 0.300. The molecule has 0 unspecified atom stereocenters. The standard InChI is InChI=1S/C10H10N4O2/c11-7-5(10(15)16)3-12-9-6(7)8(13-14-9)4-1-2-4/h3-4H,1-2H2,(H,15,16)(H3,11,12,13,14). The van der Waals surface area contributed by atoms with E-state index < -0.39 is 5.97 Å². The van der Waals surface area contributed by atoms with Gasteiger partial charge in [-0.25, -0.2) is 9.78 Å². The Bertz CT molecular complexity index is 586. The number of pyridine rings is 1. The van der Waals surface area contributed by atoms with E-state index >= 15 is 0 Å². The number of aromatic carboxylic acids is 1. The summed E-state index contributed by atoms with van der Waals surface area (Å²) in [5.41, 5.74) is 7.55. The summed E-state index contributed by atoms with van der Waals surface area (Å²) < 4.78 is 0. The second-order valence-corrected chi connectivity index (χ2v) is 4.00. The molecule has 0 saturated heterocycles. The van der Waals surface area contributed by atoms with Crippen molar-refractivity contribution in [3.63, 3.8) is 0 Å². The minimum absolute atomic E-state index is 0.0378. The lowest BCUT2D eigenvalue weighted by atomic mass is 10.1. The summed E-state index contributed by atoms with van der Waals surface area (Å²) in [5, 5.41) is 16.6. The number of carboxylic acids is 1. The summed E-state index contributed by atoms with van der Waals surface area (Å²) in [7, 11) is 0. The maximum atomic E-state index is 10.9. The zero-order valence-corrected chi connectivity index (χ0v) is 8.40. The number of rotatable bonds is 2. The van der Waals surface area contributed by atoms with Gasteiger partial charge in [-0.15, -0.1) is 0 Å². The molecule has 16 heavy (non-hydrogen) atoms. The van der Waals surface area contributed by atoms with Crippen LogP contribution in [0.1, 0.15) is 34.8 Å². The first-order valence-corrected chi connectivity index (χ1v) is 5.04. The molecule has 6 heteroatoms. The third-order valence-corrected chi connectivity index (χ3v) is 2.87. The van der Waals surface area contributed by atoms with Gasteiger partial charge in [0, 0.05) is 17.8 Å². The van der Waals surface area contributed by atoms with E-state index in [0.717, 1.165) is 18.5 Å². The maximum absolute atomic E-state index is 10.9. The van der Waals surface area contributed by atoms with Crippen molar-refractivity contribution in [2.45, 2.75) is 18.8 Å². The number of aromatic amines is 1. The molecular weight excluding hydrogens is 208 g/mol. The molecule has 1 aliphatic rings. The monoisotopic (exact) mass is 218 g/mol. The van der Waals surface area contributed by atoms with E-state index in [-0.39, 0.29) is 11.3 Å². The molecule has 2 heterocycles. The smallest absolute Gasteiger partial charge is 0.339 e. The number of hydrogen-bond donors (Lipinski definition) is 3. The summed E-state index contributed by atoms with van der Waals surface area (Å²) in [5.74, 6) is -0.631. The van der Waals surface area contributed by atoms with E-state index in [0.29, 0.717) is 17.0 Å². The molecule has 2 aromatic rings. The van der Waals surface area contributed by atoms with E-state index in [1.165, 1.54) is 6.20 Å². The number of carbonyl (C=O) groups is 1. The van der Waals surface area contributed by atoms with Crippen LogP contribution < -0.4 is 5.73 Å². The number of nitrogens with zero attached hydrogens (tertiary/aromatic N) is 2. The Hall–Kier alpha value is -2.11. The largest absolute Gasteiger partial charge is 0.478 e. The summed E-state index contributed by atoms with van der Waals surface area (Å²) in [6, 6.07) is 0. The van der Waals surface area contributed by atoms with E-state index in [1.54, 1.807) is 0 Å². The third kappa shape index (κ3) is 1.16. The van der Waals surface area contributed by atoms with Crippen molar-refractivity contribution in [2.75, 3.05) is 5.73 Å². The van der Waals surface area contributed by atoms with Crippen molar-refractivity contribution in [1.82, 2.24) is 15.2 Å². The molecule has 0 aromatic carbocycles. The molecule has 0 spiro atoms. The highest BCUT2D eigenvalue weighted by Crippen LogP contribution is 2.43. The second-order valence-electron chi connectivity index (χ2n) is 4.00. The fourth-order valence-corrected chi connectivity index (χ4v) is 1.87. The first-order chi connectivity index (χ1) is 7.68. The Morgan fingerprint density at radius 2 is 2.31 bits per heavy atom. The molecule has 3 rings (SSSR count). The predicted octanol–water partition coefficient (Wildman–Crippen LogP) is 1.12. The molecule has 0 bridgehead atoms. The van der Waals surface area contributed by atoms with Gasteiger partial charge >= 0.3 is 5.97 Å². The molecule has 1 saturated carbocycles. The highest BCUT2D eigenvalue weighted by molar-refractivity contribution is 6.03. The van der Waals surface area contributed by atoms with Crippen LogP contribution in [0.2, 0.25) is 0 Å². The number of carboxylic acid groups (broad SMARTS) is 1. The third-order valence-electron chi connectivity index (χ3n) is 2.87. The topological polar surface area (TPSA) is 105 Å². The van der Waals surface area contributed by atoms with E-state index in [1.807, 2.05) is 0 Å². The number of anilines is 1. The van der Waals surface area contributed by atoms with Gasteiger partial charge in [-0.1, -0.05) is 0 Å². The molecule has 6 nitrogen and oxygen atoms in total. The highest BCUT2D eigenvalue weighted by Gasteiger charge is 2.29. The van der Waals surface area contributed by atoms with Gasteiger partial charge in [0.2, 0.25) is 0 Å². The van der Waals surface area contributed by atoms with Crippen LogP contribution in [-0.4, -0.2) is 26.3 Å². The van der Waals surface area contributed by atoms with Gasteiger partial charge in [-0.3, -0.25) is 5.10 Å². The maximum Gasteiger partial charge on any atom is 0.339 e. The van der Waals surface area contributed by atoms with Crippen LogP contribution in [0.25, 0.3) is 11.0 Å². The summed E-state index contributed by atoms with van der Waals surface area (Å²) >= 11 is 0. The Kier molecular flexibility index (Phi) is 1.68. The van der Waals surface area contributed by atoms with Crippen LogP contribution in [0.3, 0.4) is 0 Å². The number of nitrogens with two attached hydrogens (primary N) is 1. The summed E-state index contributed by atoms with van der Waals surface area (Å²) in [6.07, 6.45) is 3.43. The van der Waals surface area contributed by atoms with Crippen LogP contribution in [0.15, 0.2) is 6.20 Å². The number of nitrogen functional groups attached to an aromatic ring is 1. The van der Waals surface area contributed by atoms with Gasteiger partial charge in [0.15, 0.2) is 5.65 Å². The van der Waals surface area contributed by atoms with Crippen molar-refractivity contribution < 1.29 is 9.90 Å². The van der Waals surface area contributed by atoms with Crippen LogP contribution in [-0.2, 0) is 0 Å². The zero-order valence-electron chi connectivity index (χ0n) is 8.40. The Morgan fingerprint density at radius 3 is 2.94 bits per heavy atom. The quantitative estimate of drug-likeness (QED) is 0.700. The summed E-state index contributed by atoms with van der Waals surface area (Å²) in [6.45, 7) is 0. The van der Waals surface area contributed by atoms with Gasteiger partial charge in [0.25, 0.3) is 0 Å². The van der Waals surface area contributed by atoms with Gasteiger partial charge in [0.1, 0.15) is 5.56 Å². The summed E-state index contributed by atoms with van der Waals surface area (Å²) in [4.78, 5) is 14.9. The van der Waals surface area contributed by atoms with Crippen LogP contribution in [0.5, 0.6) is 0 Å². The van der Waals surface area contributed by atoms with Crippen LogP contribution >= 0.6 is 0 Å². The number of H-pyrrole nitrogens is 1. The number of aromatic nitrogens is 3. The molecule has 0 aliphatic heterocycles. The molecule has 0 amide bonds. The first kappa shape index (κ1) is 9.14. The zero-order chi connectivity index (χ0) is 11.3. The minimum Gasteiger partial charge on any atom is -0.478 e. The molecule has 1 fully saturated rings. The second kappa shape index (κ2) is 2.94. The molecular formula is C10H10N4O2. The first-order valence-electron chi connectivity index (χ1n) is 5.04. The molecule has 82 valence electrons. The van der Waals surface area contributed by atoms with Gasteiger partial charge in [-0.2, -0.15) is 5.10 Å². The van der Waals surface area contributed by atoms with E-state index in [2.05, 4.69) is 15.2 Å². The lowest BCUT2D eigenvalue weighted by molar-refractivity contribution is 0.0698. The Balaban J connectivity index is 2.31. The average molecular weight is 218 g/mol. The van der Waals surface area contributed by atoms with Crippen LogP contribution in [0, 0.1) is 0 Å². The fourth-order valence-electron chi connectivity index (χ4n) is 1.87. The SMILES string of the molecule is Nc1c(C(=O)O)cnc2n[nH]c(C3CC3)c12. The molecule has 1 aliphatic carbocycles. The Labute approximate surface area is 90.5 Å². The van der Waals surface area contributed by atoms with E-state index in [4.69, 9.17) is 10.8 Å². The number of nitrogens with one attached hydrogen (secondary N) is 1. The van der Waals surface area contributed by atoms with Gasteiger partial charge in [-0.05, 0) is 12.8 Å². The average Bonchev–Trinajstić information content (AvgIpc) is 2.99. The van der Waals surface area contributed by atoms with Crippen molar-refractivity contribution in [3.8, 4) is 0 Å². The minimum atomic E-state index is -1.06. The number of hydrogen-bond acceptors (Lipinski definition) is 4. The van der Waals surface area contributed by atoms with Gasteiger partial charge in [0.05, 0.1) is 11.1 Å². The molecule has 0 radical (unpaired) electrons. The highest BCUT2D eigenvalue weighted by atomic mass is 16.4. The Morgan fingerprint density at radius 1 is 1.56 bits per heavy atom. The normalized spacial score (nSPS) is 15.5. The lowest BCUT2D eigenvalue weighted by Gasteiger charge is -2.02. The number of fused-ring (bicyclic) bond motifs is 1. The lowest BCUT2D eigenvalue weighted by Crippen LogP contribution is -2.04. The molecule has 0 atom stereocenters. The molecule has 2 aromatic heterocycles. The molecule has 4 N–H and O–H groups in total. The van der Waals surface area contributed by atoms with Crippen LogP contribution in [0.4, 0.5) is 5.69 Å². The van der Waals surface area contributed by atoms with Gasteiger partial charge < -0.3 is 10.8 Å². The predicted molar refractivity (Wildman–Crippen MR) is 57.2 cm³/mol. The van der Waals surface area contributed by atoms with Crippen molar-refractivity contribution in [2.24, 2.45) is 0 Å². The van der Waals surface area contributed by atoms with Crippen molar-refractivity contribution in [3.05, 3.63) is 17.5 Å². The van der Waals surface area contributed by atoms with E-state index in [9.17, 15) is 4.79 Å².